The molecule has 1 amide bonds. The van der Waals surface area contributed by atoms with Crippen LogP contribution in [0.3, 0.4) is 0 Å². The number of carbonyl (C=O) groups is 1. The molecule has 0 aliphatic heterocycles. The first-order chi connectivity index (χ1) is 12.0. The van der Waals surface area contributed by atoms with Gasteiger partial charge in [0.25, 0.3) is 0 Å². The topological polar surface area (TPSA) is 78.4 Å². The summed E-state index contributed by atoms with van der Waals surface area (Å²) in [5.41, 5.74) is 1.44. The van der Waals surface area contributed by atoms with Gasteiger partial charge in [0.05, 0.1) is 12.2 Å². The van der Waals surface area contributed by atoms with E-state index in [9.17, 15) is 9.18 Å². The van der Waals surface area contributed by atoms with Gasteiger partial charge in [-0.2, -0.15) is 0 Å². The van der Waals surface area contributed by atoms with E-state index in [1.54, 1.807) is 17.4 Å². The Balaban J connectivity index is 0.00000338. The van der Waals surface area contributed by atoms with E-state index in [2.05, 4.69) is 25.9 Å². The van der Waals surface area contributed by atoms with E-state index in [1.165, 1.54) is 23.1 Å². The summed E-state index contributed by atoms with van der Waals surface area (Å²) in [5.74, 6) is -0.184. The Kier molecular flexibility index (Phi) is 9.49. The molecule has 0 saturated carbocycles. The number of halogens is 2. The lowest BCUT2D eigenvalue weighted by Crippen LogP contribution is -2.37. The fraction of sp³-hybridized carbons (Fsp3) is 0.353. The number of nitrogens with zero attached hydrogens (tertiary/aromatic N) is 2. The van der Waals surface area contributed by atoms with E-state index >= 15 is 0 Å². The van der Waals surface area contributed by atoms with Gasteiger partial charge >= 0.3 is 0 Å². The summed E-state index contributed by atoms with van der Waals surface area (Å²) in [5, 5.41) is 9.81. The third kappa shape index (κ3) is 7.24. The average molecular weight is 491 g/mol. The Morgan fingerprint density at radius 3 is 2.69 bits per heavy atom. The van der Waals surface area contributed by atoms with Crippen molar-refractivity contribution in [3.05, 3.63) is 45.7 Å². The zero-order valence-corrected chi connectivity index (χ0v) is 18.1. The zero-order valence-electron chi connectivity index (χ0n) is 14.9. The molecule has 2 rings (SSSR count). The Hall–Kier alpha value is -1.75. The number of aliphatic imine (C=N–C) groups is 1. The maximum absolute atomic E-state index is 13.1. The maximum atomic E-state index is 13.1. The van der Waals surface area contributed by atoms with Crippen molar-refractivity contribution in [1.82, 2.24) is 15.6 Å². The van der Waals surface area contributed by atoms with Gasteiger partial charge in [-0.05, 0) is 39.0 Å². The molecular weight excluding hydrogens is 468 g/mol. The molecule has 0 atom stereocenters. The van der Waals surface area contributed by atoms with Gasteiger partial charge in [0.1, 0.15) is 17.4 Å². The van der Waals surface area contributed by atoms with Crippen molar-refractivity contribution in [2.75, 3.05) is 18.4 Å². The van der Waals surface area contributed by atoms with Crippen LogP contribution in [-0.2, 0) is 11.3 Å². The van der Waals surface area contributed by atoms with Crippen LogP contribution in [-0.4, -0.2) is 29.9 Å². The Bertz CT molecular complexity index is 746. The fourth-order valence-corrected chi connectivity index (χ4v) is 2.91. The molecule has 0 radical (unpaired) electrons. The van der Waals surface area contributed by atoms with Crippen LogP contribution in [0.4, 0.5) is 10.1 Å². The zero-order chi connectivity index (χ0) is 18.2. The number of aryl methyl sites for hydroxylation is 2. The number of guanidine groups is 1. The Morgan fingerprint density at radius 2 is 2.08 bits per heavy atom. The van der Waals surface area contributed by atoms with Crippen molar-refractivity contribution in [1.29, 1.82) is 0 Å². The van der Waals surface area contributed by atoms with Gasteiger partial charge in [0.15, 0.2) is 5.96 Å². The van der Waals surface area contributed by atoms with Gasteiger partial charge in [-0.15, -0.1) is 35.3 Å². The lowest BCUT2D eigenvalue weighted by Gasteiger charge is -2.10. The van der Waals surface area contributed by atoms with Crippen LogP contribution in [0, 0.1) is 19.7 Å². The Labute approximate surface area is 173 Å². The lowest BCUT2D eigenvalue weighted by molar-refractivity contribution is -0.114. The number of hydrogen-bond donors (Lipinski definition) is 3. The van der Waals surface area contributed by atoms with Crippen molar-refractivity contribution >= 4 is 52.9 Å². The smallest absolute Gasteiger partial charge is 0.246 e. The molecule has 0 bridgehead atoms. The predicted octanol–water partition coefficient (Wildman–Crippen LogP) is 3.21. The summed E-state index contributed by atoms with van der Waals surface area (Å²) < 4.78 is 13.1. The van der Waals surface area contributed by atoms with Gasteiger partial charge in [0, 0.05) is 17.1 Å². The summed E-state index contributed by atoms with van der Waals surface area (Å²) in [6.07, 6.45) is 0. The maximum Gasteiger partial charge on any atom is 0.246 e. The Morgan fingerprint density at radius 1 is 1.31 bits per heavy atom. The van der Waals surface area contributed by atoms with Crippen molar-refractivity contribution < 1.29 is 9.18 Å². The number of amides is 1. The number of anilines is 1. The fourth-order valence-electron chi connectivity index (χ4n) is 2.03. The average Bonchev–Trinajstić information content (AvgIpc) is 2.88. The number of thiazole rings is 1. The lowest BCUT2D eigenvalue weighted by atomic mass is 10.3. The summed E-state index contributed by atoms with van der Waals surface area (Å²) in [7, 11) is 0. The highest BCUT2D eigenvalue weighted by atomic mass is 127. The minimum atomic E-state index is -0.398. The first-order valence-electron chi connectivity index (χ1n) is 7.98. The molecule has 9 heteroatoms. The van der Waals surface area contributed by atoms with Gasteiger partial charge < -0.3 is 16.0 Å². The molecule has 0 saturated heterocycles. The summed E-state index contributed by atoms with van der Waals surface area (Å²) >= 11 is 1.63. The van der Waals surface area contributed by atoms with E-state index < -0.39 is 5.82 Å². The highest BCUT2D eigenvalue weighted by Gasteiger charge is 2.06. The highest BCUT2D eigenvalue weighted by Crippen LogP contribution is 2.15. The van der Waals surface area contributed by atoms with Gasteiger partial charge in [-0.3, -0.25) is 4.79 Å². The summed E-state index contributed by atoms with van der Waals surface area (Å²) in [6.45, 7) is 7.10. The van der Waals surface area contributed by atoms with Crippen LogP contribution >= 0.6 is 35.3 Å². The van der Waals surface area contributed by atoms with E-state index in [1.807, 2.05) is 20.8 Å². The van der Waals surface area contributed by atoms with Gasteiger partial charge in [0.2, 0.25) is 5.91 Å². The molecule has 142 valence electrons. The van der Waals surface area contributed by atoms with Crippen LogP contribution in [0.25, 0.3) is 0 Å². The molecule has 1 heterocycles. The molecule has 0 fully saturated rings. The van der Waals surface area contributed by atoms with Crippen LogP contribution in [0.2, 0.25) is 0 Å². The number of aromatic nitrogens is 1. The number of hydrogen-bond acceptors (Lipinski definition) is 4. The number of nitrogens with one attached hydrogen (secondary N) is 3. The molecule has 2 aromatic rings. The number of rotatable bonds is 6. The molecule has 0 unspecified atom stereocenters. The molecule has 26 heavy (non-hydrogen) atoms. The monoisotopic (exact) mass is 491 g/mol. The van der Waals surface area contributed by atoms with Gasteiger partial charge in [-0.25, -0.2) is 14.4 Å². The standard InChI is InChI=1S/C17H22FN5OS.HI/c1-4-19-17(21-10-16-22-11(2)12(3)25-16)20-9-15(24)23-14-7-5-6-13(18)8-14;/h5-8H,4,9-10H2,1-3H3,(H,23,24)(H2,19,20,21);1H. The third-order valence-corrected chi connectivity index (χ3v) is 4.39. The molecule has 0 spiro atoms. The molecule has 0 aliphatic carbocycles. The quantitative estimate of drug-likeness (QED) is 0.330. The number of carbonyl (C=O) groups excluding carboxylic acids is 1. The summed E-state index contributed by atoms with van der Waals surface area (Å²) in [4.78, 5) is 21.8. The van der Waals surface area contributed by atoms with E-state index in [4.69, 9.17) is 0 Å². The molecule has 0 aliphatic rings. The summed E-state index contributed by atoms with van der Waals surface area (Å²) in [6, 6.07) is 5.75. The second-order valence-electron chi connectivity index (χ2n) is 5.36. The molecule has 1 aromatic heterocycles. The van der Waals surface area contributed by atoms with Crippen LogP contribution < -0.4 is 16.0 Å². The number of benzene rings is 1. The molecular formula is C17H23FIN5OS. The van der Waals surface area contributed by atoms with E-state index in [0.29, 0.717) is 24.7 Å². The van der Waals surface area contributed by atoms with E-state index in [0.717, 1.165) is 10.7 Å². The predicted molar refractivity (Wildman–Crippen MR) is 115 cm³/mol. The minimum absolute atomic E-state index is 0. The van der Waals surface area contributed by atoms with Gasteiger partial charge in [-0.1, -0.05) is 6.07 Å². The third-order valence-electron chi connectivity index (χ3n) is 3.31. The largest absolute Gasteiger partial charge is 0.357 e. The second-order valence-corrected chi connectivity index (χ2v) is 6.64. The minimum Gasteiger partial charge on any atom is -0.357 e. The normalized spacial score (nSPS) is 10.8. The molecule has 3 N–H and O–H groups in total. The van der Waals surface area contributed by atoms with Crippen molar-refractivity contribution in [3.8, 4) is 0 Å². The SMILES string of the molecule is CCNC(=NCC(=O)Nc1cccc(F)c1)NCc1nc(C)c(C)s1.I. The second kappa shape index (κ2) is 11.1. The first-order valence-corrected chi connectivity index (χ1v) is 8.80. The van der Waals surface area contributed by atoms with Crippen molar-refractivity contribution in [2.24, 2.45) is 4.99 Å². The van der Waals surface area contributed by atoms with Crippen LogP contribution in [0.15, 0.2) is 29.3 Å². The van der Waals surface area contributed by atoms with Crippen LogP contribution in [0.1, 0.15) is 22.5 Å². The first kappa shape index (κ1) is 22.3. The van der Waals surface area contributed by atoms with Crippen molar-refractivity contribution in [3.63, 3.8) is 0 Å². The molecule has 6 nitrogen and oxygen atoms in total. The van der Waals surface area contributed by atoms with Crippen LogP contribution in [0.5, 0.6) is 0 Å². The van der Waals surface area contributed by atoms with E-state index in [-0.39, 0.29) is 36.4 Å². The molecule has 1 aromatic carbocycles. The highest BCUT2D eigenvalue weighted by molar-refractivity contribution is 14.0. The van der Waals surface area contributed by atoms with Crippen molar-refractivity contribution in [2.45, 2.75) is 27.3 Å².